The Hall–Kier alpha value is -4.61. The van der Waals surface area contributed by atoms with Crippen molar-refractivity contribution in [2.45, 2.75) is 59.4 Å². The lowest BCUT2D eigenvalue weighted by Crippen LogP contribution is -2.58. The highest BCUT2D eigenvalue weighted by Gasteiger charge is 2.31. The number of aryl methyl sites for hydroxylation is 2. The highest BCUT2D eigenvalue weighted by Crippen LogP contribution is 2.10. The molecule has 0 radical (unpaired) electrons. The SMILES string of the molecule is Cc1ccc(CNC(=O)[C@H](COCCN(C)C(=O)C(C#N)=CC(C)C)NC(=O)[C@@H](NC(=O)c2cc(C)on2)[C@@H](C)O)c(F)c1. The molecule has 0 aliphatic heterocycles. The molecule has 0 aliphatic carbocycles. The van der Waals surface area contributed by atoms with E-state index in [-0.39, 0.29) is 49.1 Å². The summed E-state index contributed by atoms with van der Waals surface area (Å²) in [5, 5.41) is 30.5. The van der Waals surface area contributed by atoms with Crippen LogP contribution in [-0.4, -0.2) is 83.8 Å². The molecule has 1 aromatic heterocycles. The van der Waals surface area contributed by atoms with Crippen molar-refractivity contribution >= 4 is 23.6 Å². The number of hydrogen-bond acceptors (Lipinski definition) is 9. The predicted molar refractivity (Wildman–Crippen MR) is 156 cm³/mol. The van der Waals surface area contributed by atoms with E-state index in [2.05, 4.69) is 21.1 Å². The molecular formula is C30H39FN6O7. The van der Waals surface area contributed by atoms with Crippen molar-refractivity contribution in [3.63, 3.8) is 0 Å². The van der Waals surface area contributed by atoms with Crippen molar-refractivity contribution < 1.29 is 37.9 Å². The van der Waals surface area contributed by atoms with Gasteiger partial charge in [-0.1, -0.05) is 37.2 Å². The zero-order valence-corrected chi connectivity index (χ0v) is 25.6. The van der Waals surface area contributed by atoms with Crippen molar-refractivity contribution in [2.75, 3.05) is 26.8 Å². The molecule has 14 heteroatoms. The Morgan fingerprint density at radius 2 is 1.86 bits per heavy atom. The summed E-state index contributed by atoms with van der Waals surface area (Å²) < 4.78 is 24.8. The summed E-state index contributed by atoms with van der Waals surface area (Å²) in [5.74, 6) is -3.07. The number of rotatable bonds is 15. The number of carbonyl (C=O) groups is 4. The Balaban J connectivity index is 2.12. The number of carbonyl (C=O) groups excluding carboxylic acids is 4. The van der Waals surface area contributed by atoms with Gasteiger partial charge in [0.05, 0.1) is 19.3 Å². The molecule has 0 unspecified atom stereocenters. The average Bonchev–Trinajstić information content (AvgIpc) is 3.40. The summed E-state index contributed by atoms with van der Waals surface area (Å²) >= 11 is 0. The molecule has 2 rings (SSSR count). The van der Waals surface area contributed by atoms with Crippen LogP contribution in [0.25, 0.3) is 0 Å². The number of nitriles is 1. The van der Waals surface area contributed by atoms with E-state index in [4.69, 9.17) is 9.26 Å². The van der Waals surface area contributed by atoms with Gasteiger partial charge in [-0.3, -0.25) is 19.2 Å². The zero-order chi connectivity index (χ0) is 33.0. The Bertz CT molecular complexity index is 1400. The first kappa shape index (κ1) is 35.6. The van der Waals surface area contributed by atoms with Gasteiger partial charge in [-0.15, -0.1) is 0 Å². The van der Waals surface area contributed by atoms with E-state index in [0.29, 0.717) is 11.3 Å². The normalized spacial score (nSPS) is 13.4. The van der Waals surface area contributed by atoms with Crippen LogP contribution >= 0.6 is 0 Å². The second-order valence-electron chi connectivity index (χ2n) is 10.6. The van der Waals surface area contributed by atoms with E-state index in [0.717, 1.165) is 0 Å². The molecule has 0 bridgehead atoms. The third kappa shape index (κ3) is 10.9. The largest absolute Gasteiger partial charge is 0.391 e. The number of nitrogens with one attached hydrogen (secondary N) is 3. The fourth-order valence-corrected chi connectivity index (χ4v) is 3.84. The molecule has 0 aliphatic rings. The maximum Gasteiger partial charge on any atom is 0.274 e. The highest BCUT2D eigenvalue weighted by atomic mass is 19.1. The third-order valence-electron chi connectivity index (χ3n) is 6.26. The van der Waals surface area contributed by atoms with E-state index in [1.165, 1.54) is 37.1 Å². The fraction of sp³-hybridized carbons (Fsp3) is 0.467. The number of hydrogen-bond donors (Lipinski definition) is 4. The zero-order valence-electron chi connectivity index (χ0n) is 25.6. The molecule has 44 heavy (non-hydrogen) atoms. The van der Waals surface area contributed by atoms with Crippen molar-refractivity contribution in [1.29, 1.82) is 5.26 Å². The fourth-order valence-electron chi connectivity index (χ4n) is 3.84. The molecule has 0 saturated heterocycles. The molecule has 13 nitrogen and oxygen atoms in total. The molecule has 4 N–H and O–H groups in total. The first-order valence-electron chi connectivity index (χ1n) is 13.9. The van der Waals surface area contributed by atoms with Crippen LogP contribution < -0.4 is 16.0 Å². The Morgan fingerprint density at radius 1 is 1.16 bits per heavy atom. The first-order valence-corrected chi connectivity index (χ1v) is 13.9. The molecule has 2 aromatic rings. The number of aliphatic hydroxyl groups excluding tert-OH is 1. The Labute approximate surface area is 255 Å². The van der Waals surface area contributed by atoms with E-state index < -0.39 is 47.6 Å². The Morgan fingerprint density at radius 3 is 2.43 bits per heavy atom. The lowest BCUT2D eigenvalue weighted by molar-refractivity contribution is -0.133. The number of nitrogens with zero attached hydrogens (tertiary/aromatic N) is 3. The predicted octanol–water partition coefficient (Wildman–Crippen LogP) is 1.29. The summed E-state index contributed by atoms with van der Waals surface area (Å²) in [4.78, 5) is 52.7. The molecule has 4 amide bonds. The maximum absolute atomic E-state index is 14.3. The van der Waals surface area contributed by atoms with Crippen LogP contribution in [0.4, 0.5) is 4.39 Å². The minimum Gasteiger partial charge on any atom is -0.391 e. The van der Waals surface area contributed by atoms with Crippen LogP contribution in [0.15, 0.2) is 40.4 Å². The smallest absolute Gasteiger partial charge is 0.274 e. The number of benzene rings is 1. The summed E-state index contributed by atoms with van der Waals surface area (Å²) in [6.07, 6.45) is 0.180. The number of aromatic nitrogens is 1. The average molecular weight is 615 g/mol. The number of allylic oxidation sites excluding steroid dienone is 1. The molecular weight excluding hydrogens is 575 g/mol. The summed E-state index contributed by atoms with van der Waals surface area (Å²) in [7, 11) is 1.49. The van der Waals surface area contributed by atoms with Gasteiger partial charge in [0, 0.05) is 31.8 Å². The van der Waals surface area contributed by atoms with Crippen molar-refractivity contribution in [2.24, 2.45) is 5.92 Å². The maximum atomic E-state index is 14.3. The van der Waals surface area contributed by atoms with Crippen molar-refractivity contribution in [1.82, 2.24) is 26.0 Å². The van der Waals surface area contributed by atoms with Gasteiger partial charge in [0.1, 0.15) is 35.3 Å². The molecule has 0 fully saturated rings. The van der Waals surface area contributed by atoms with Crippen molar-refractivity contribution in [3.05, 3.63) is 64.3 Å². The van der Waals surface area contributed by atoms with Crippen LogP contribution in [0.2, 0.25) is 0 Å². The van der Waals surface area contributed by atoms with Crippen LogP contribution in [0.1, 0.15) is 48.1 Å². The molecule has 0 saturated carbocycles. The standard InChI is InChI=1S/C30H39FN6O7/c1-17(2)11-22(14-32)30(42)37(6)9-10-43-16-25(27(39)33-15-21-8-7-18(3)12-23(21)31)34-29(41)26(20(5)38)35-28(40)24-13-19(4)44-36-24/h7-8,11-13,17,20,25-26,38H,9-10,15-16H2,1-6H3,(H,33,39)(H,34,41)(H,35,40)/t20-,25+,26+/m1/s1. The van der Waals surface area contributed by atoms with Gasteiger partial charge in [0.25, 0.3) is 11.8 Å². The number of likely N-dealkylation sites (N-methyl/N-ethyl adjacent to an activating group) is 1. The van der Waals surface area contributed by atoms with E-state index in [9.17, 15) is 33.9 Å². The van der Waals surface area contributed by atoms with E-state index in [1.807, 2.05) is 19.9 Å². The van der Waals surface area contributed by atoms with E-state index >= 15 is 0 Å². The second-order valence-corrected chi connectivity index (χ2v) is 10.6. The van der Waals surface area contributed by atoms with Gasteiger partial charge in [0.2, 0.25) is 11.8 Å². The molecule has 3 atom stereocenters. The Kier molecular flexibility index (Phi) is 13.7. The number of amides is 4. The number of aliphatic hydroxyl groups is 1. The van der Waals surface area contributed by atoms with Crippen LogP contribution in [-0.2, 0) is 25.7 Å². The molecule has 1 heterocycles. The van der Waals surface area contributed by atoms with E-state index in [1.54, 1.807) is 26.0 Å². The van der Waals surface area contributed by atoms with Gasteiger partial charge in [-0.25, -0.2) is 4.39 Å². The van der Waals surface area contributed by atoms with Crippen LogP contribution in [0, 0.1) is 36.9 Å². The lowest BCUT2D eigenvalue weighted by Gasteiger charge is -2.25. The van der Waals surface area contributed by atoms with Crippen molar-refractivity contribution in [3.8, 4) is 6.07 Å². The lowest BCUT2D eigenvalue weighted by atomic mass is 10.1. The van der Waals surface area contributed by atoms with Crippen LogP contribution in [0.3, 0.4) is 0 Å². The monoisotopic (exact) mass is 614 g/mol. The van der Waals surface area contributed by atoms with Gasteiger partial charge >= 0.3 is 0 Å². The highest BCUT2D eigenvalue weighted by molar-refractivity contribution is 5.98. The third-order valence-corrected chi connectivity index (χ3v) is 6.26. The molecule has 1 aromatic carbocycles. The topological polar surface area (TPSA) is 187 Å². The first-order chi connectivity index (χ1) is 20.7. The minimum atomic E-state index is -1.48. The van der Waals surface area contributed by atoms with Gasteiger partial charge in [-0.05, 0) is 38.3 Å². The quantitative estimate of drug-likeness (QED) is 0.130. The summed E-state index contributed by atoms with van der Waals surface area (Å²) in [6.45, 7) is 7.71. The summed E-state index contributed by atoms with van der Waals surface area (Å²) in [6, 6.07) is 4.94. The van der Waals surface area contributed by atoms with Gasteiger partial charge in [0.15, 0.2) is 5.69 Å². The van der Waals surface area contributed by atoms with Gasteiger partial charge in [-0.2, -0.15) is 5.26 Å². The number of halogens is 1. The molecule has 238 valence electrons. The summed E-state index contributed by atoms with van der Waals surface area (Å²) in [5.41, 5.74) is 0.797. The minimum absolute atomic E-state index is 0.00941. The van der Waals surface area contributed by atoms with Crippen LogP contribution in [0.5, 0.6) is 0 Å². The number of ether oxygens (including phenoxy) is 1. The second kappa shape index (κ2) is 16.9. The van der Waals surface area contributed by atoms with Gasteiger partial charge < -0.3 is 35.2 Å². The molecule has 0 spiro atoms.